The zero-order valence-electron chi connectivity index (χ0n) is 21.4. The number of aromatic nitrogens is 2. The molecule has 19 heteroatoms. The zero-order chi connectivity index (χ0) is 32.5. The van der Waals surface area contributed by atoms with Crippen molar-refractivity contribution in [1.29, 1.82) is 15.9 Å². The van der Waals surface area contributed by atoms with Crippen LogP contribution in [0.4, 0.5) is 45.3 Å². The molecule has 1 aromatic heterocycles. The number of hydrogen-bond donors (Lipinski definition) is 2. The Bertz CT molecular complexity index is 1520. The van der Waals surface area contributed by atoms with E-state index < -0.39 is 59.9 Å². The van der Waals surface area contributed by atoms with E-state index in [1.807, 2.05) is 6.07 Å². The fourth-order valence-corrected chi connectivity index (χ4v) is 4.13. The number of hydrogen-bond acceptors (Lipinski definition) is 7. The number of alkyl halides is 9. The number of rotatable bonds is 10. The van der Waals surface area contributed by atoms with Crippen molar-refractivity contribution in [2.24, 2.45) is 7.05 Å². The number of halogens is 10. The van der Waals surface area contributed by atoms with Crippen LogP contribution in [0.3, 0.4) is 0 Å². The Morgan fingerprint density at radius 2 is 1.84 bits per heavy atom. The predicted octanol–water partition coefficient (Wildman–Crippen LogP) is 6.09. The summed E-state index contributed by atoms with van der Waals surface area (Å²) in [5.41, 5.74) is -10.5. The van der Waals surface area contributed by atoms with Gasteiger partial charge in [-0.1, -0.05) is 17.7 Å². The van der Waals surface area contributed by atoms with Crippen LogP contribution in [0.1, 0.15) is 34.5 Å². The number of anilines is 1. The van der Waals surface area contributed by atoms with Crippen LogP contribution in [0.25, 0.3) is 5.57 Å². The number of nitriles is 2. The molecule has 43 heavy (non-hydrogen) atoms. The summed E-state index contributed by atoms with van der Waals surface area (Å²) >= 11 is 6.15. The summed E-state index contributed by atoms with van der Waals surface area (Å²) in [6, 6.07) is 7.29. The van der Waals surface area contributed by atoms with Crippen LogP contribution in [-0.4, -0.2) is 57.8 Å². The van der Waals surface area contributed by atoms with Gasteiger partial charge in [-0.25, -0.2) is 9.07 Å². The molecule has 2 N–H and O–H groups in total. The molecule has 1 amide bonds. The van der Waals surface area contributed by atoms with Gasteiger partial charge in [-0.15, -0.1) is 0 Å². The first-order chi connectivity index (χ1) is 19.9. The summed E-state index contributed by atoms with van der Waals surface area (Å²) in [5, 5.41) is 31.1. The van der Waals surface area contributed by atoms with Gasteiger partial charge in [0.2, 0.25) is 0 Å². The Morgan fingerprint density at radius 1 is 1.23 bits per heavy atom. The van der Waals surface area contributed by atoms with Crippen LogP contribution in [0.15, 0.2) is 24.4 Å². The fraction of sp³-hybridized carbons (Fsp3) is 0.375. The number of ether oxygens (including phenoxy) is 1. The first kappa shape index (κ1) is 33.1. The van der Waals surface area contributed by atoms with Gasteiger partial charge in [-0.3, -0.25) is 4.79 Å². The van der Waals surface area contributed by atoms with Crippen LogP contribution in [-0.2, 0) is 12.7 Å². The van der Waals surface area contributed by atoms with Crippen molar-refractivity contribution in [3.63, 3.8) is 0 Å². The standard InChI is InChI=1S/C24H17ClF9N7O2/c1-40-18(16(43-20(26)27)17(39-40)22(28,23(29,30)31)24(32,33)34)38-10-13(9-36)12-2-3-15(25)14(8-12)19(42)41(7-6-35)21(11-37)4-5-21/h2-3,8-10,20,36,38H,4-5,7H2,1H3/b13-10+,36-9?. The van der Waals surface area contributed by atoms with Crippen LogP contribution in [0.2, 0.25) is 5.02 Å². The molecule has 0 radical (unpaired) electrons. The molecule has 0 bridgehead atoms. The normalized spacial score (nSPS) is 15.0. The summed E-state index contributed by atoms with van der Waals surface area (Å²) < 4.78 is 125. The van der Waals surface area contributed by atoms with Crippen LogP contribution >= 0.6 is 11.6 Å². The number of nitrogens with zero attached hydrogens (tertiary/aromatic N) is 5. The molecule has 1 aromatic carbocycles. The number of nitrogens with one attached hydrogen (secondary N) is 2. The minimum absolute atomic E-state index is 0.0156. The van der Waals surface area contributed by atoms with Crippen molar-refractivity contribution in [3.8, 4) is 17.9 Å². The third-order valence-corrected chi connectivity index (χ3v) is 6.62. The number of carbonyl (C=O) groups is 1. The lowest BCUT2D eigenvalue weighted by Crippen LogP contribution is -2.51. The average molecular weight is 642 g/mol. The highest BCUT2D eigenvalue weighted by Gasteiger charge is 2.76. The van der Waals surface area contributed by atoms with E-state index in [0.717, 1.165) is 17.2 Å². The predicted molar refractivity (Wildman–Crippen MR) is 131 cm³/mol. The molecule has 3 rings (SSSR count). The molecule has 1 aliphatic rings. The SMILES string of the molecule is Cn1nc(C(F)(C(F)(F)F)C(F)(F)F)c(OC(F)F)c1N/C=C(\C=N)c1ccc(Cl)c(C(=O)N(CC#N)C2(C#N)CC2)c1. The lowest BCUT2D eigenvalue weighted by Gasteiger charge is -2.28. The largest absolute Gasteiger partial charge is 0.437 e. The van der Waals surface area contributed by atoms with Gasteiger partial charge in [0.15, 0.2) is 17.3 Å². The first-order valence-electron chi connectivity index (χ1n) is 11.6. The van der Waals surface area contributed by atoms with Crippen LogP contribution in [0, 0.1) is 28.1 Å². The van der Waals surface area contributed by atoms with Crippen molar-refractivity contribution < 1.29 is 49.0 Å². The summed E-state index contributed by atoms with van der Waals surface area (Å²) in [6.45, 7) is -4.48. The average Bonchev–Trinajstić information content (AvgIpc) is 3.65. The molecule has 0 saturated heterocycles. The zero-order valence-corrected chi connectivity index (χ0v) is 22.2. The lowest BCUT2D eigenvalue weighted by molar-refractivity contribution is -0.350. The van der Waals surface area contributed by atoms with Crippen molar-refractivity contribution in [3.05, 3.63) is 46.2 Å². The molecule has 0 aliphatic heterocycles. The molecule has 0 unspecified atom stereocenters. The minimum atomic E-state index is -6.69. The second-order valence-corrected chi connectivity index (χ2v) is 9.37. The number of amides is 1. The topological polar surface area (TPSA) is 131 Å². The molecule has 9 nitrogen and oxygen atoms in total. The first-order valence-corrected chi connectivity index (χ1v) is 12.0. The second kappa shape index (κ2) is 11.7. The fourth-order valence-electron chi connectivity index (χ4n) is 3.94. The molecule has 1 saturated carbocycles. The van der Waals surface area contributed by atoms with Gasteiger partial charge >= 0.3 is 24.6 Å². The maximum atomic E-state index is 14.7. The quantitative estimate of drug-likeness (QED) is 0.183. The monoisotopic (exact) mass is 641 g/mol. The molecule has 0 spiro atoms. The molecular formula is C24H17ClF9N7O2. The van der Waals surface area contributed by atoms with E-state index in [1.165, 1.54) is 12.1 Å². The van der Waals surface area contributed by atoms with E-state index in [0.29, 0.717) is 26.1 Å². The number of carbonyl (C=O) groups excluding carboxylic acids is 1. The molecule has 1 fully saturated rings. The van der Waals surface area contributed by atoms with E-state index in [4.69, 9.17) is 22.3 Å². The molecular weight excluding hydrogens is 625 g/mol. The highest BCUT2D eigenvalue weighted by Crippen LogP contribution is 2.56. The van der Waals surface area contributed by atoms with Crippen molar-refractivity contribution in [2.45, 2.75) is 43.0 Å². The van der Waals surface area contributed by atoms with E-state index in [2.05, 4.69) is 15.2 Å². The summed E-state index contributed by atoms with van der Waals surface area (Å²) in [4.78, 5) is 14.2. The van der Waals surface area contributed by atoms with Gasteiger partial charge < -0.3 is 20.4 Å². The van der Waals surface area contributed by atoms with E-state index in [9.17, 15) is 49.6 Å². The van der Waals surface area contributed by atoms with E-state index >= 15 is 0 Å². The van der Waals surface area contributed by atoms with E-state index in [-0.39, 0.29) is 26.4 Å². The minimum Gasteiger partial charge on any atom is -0.429 e. The second-order valence-electron chi connectivity index (χ2n) is 8.96. The Hall–Kier alpha value is -4.45. The van der Waals surface area contributed by atoms with Gasteiger partial charge in [-0.05, 0) is 30.5 Å². The van der Waals surface area contributed by atoms with Crippen molar-refractivity contribution in [1.82, 2.24) is 14.7 Å². The Balaban J connectivity index is 2.10. The van der Waals surface area contributed by atoms with Crippen molar-refractivity contribution >= 4 is 35.1 Å². The highest BCUT2D eigenvalue weighted by molar-refractivity contribution is 6.34. The van der Waals surface area contributed by atoms with Crippen molar-refractivity contribution in [2.75, 3.05) is 11.9 Å². The maximum Gasteiger partial charge on any atom is 0.437 e. The number of aryl methyl sites for hydroxylation is 1. The van der Waals surface area contributed by atoms with E-state index in [1.54, 1.807) is 6.07 Å². The summed E-state index contributed by atoms with van der Waals surface area (Å²) in [7, 11) is 0.709. The Kier molecular flexibility index (Phi) is 8.97. The smallest absolute Gasteiger partial charge is 0.429 e. The van der Waals surface area contributed by atoms with Gasteiger partial charge in [0.25, 0.3) is 5.91 Å². The Labute approximate surface area is 241 Å². The third kappa shape index (κ3) is 6.05. The highest BCUT2D eigenvalue weighted by atomic mass is 35.5. The number of benzene rings is 1. The Morgan fingerprint density at radius 3 is 2.30 bits per heavy atom. The van der Waals surface area contributed by atoms with Gasteiger partial charge in [0.1, 0.15) is 12.1 Å². The molecule has 0 atom stereocenters. The summed E-state index contributed by atoms with van der Waals surface area (Å²) in [6.07, 6.45) is -11.4. The van der Waals surface area contributed by atoms with Gasteiger partial charge in [0, 0.05) is 25.0 Å². The maximum absolute atomic E-state index is 14.7. The molecule has 1 aliphatic carbocycles. The van der Waals surface area contributed by atoms with Gasteiger partial charge in [0.05, 0.1) is 22.7 Å². The van der Waals surface area contributed by atoms with Crippen LogP contribution in [0.5, 0.6) is 5.75 Å². The van der Waals surface area contributed by atoms with Gasteiger partial charge in [-0.2, -0.15) is 50.7 Å². The third-order valence-electron chi connectivity index (χ3n) is 6.29. The van der Waals surface area contributed by atoms with Crippen LogP contribution < -0.4 is 10.1 Å². The molecule has 1 heterocycles. The number of allylic oxidation sites excluding steroid dienone is 1. The molecule has 2 aromatic rings. The lowest BCUT2D eigenvalue weighted by atomic mass is 9.99. The molecule has 230 valence electrons. The summed E-state index contributed by atoms with van der Waals surface area (Å²) in [5.74, 6) is -3.83.